The first-order valence-corrected chi connectivity index (χ1v) is 5.86. The van der Waals surface area contributed by atoms with Crippen LogP contribution in [0.25, 0.3) is 0 Å². The predicted octanol–water partition coefficient (Wildman–Crippen LogP) is 0.150. The summed E-state index contributed by atoms with van der Waals surface area (Å²) in [6.07, 6.45) is 1.36. The molecule has 0 aromatic rings. The molecular formula is C11H20N2O3. The Morgan fingerprint density at radius 3 is 2.69 bits per heavy atom. The molecule has 1 rings (SSSR count). The summed E-state index contributed by atoms with van der Waals surface area (Å²) in [7, 11) is 0. The van der Waals surface area contributed by atoms with Crippen molar-refractivity contribution in [3.63, 3.8) is 0 Å². The van der Waals surface area contributed by atoms with Crippen LogP contribution in [0.3, 0.4) is 0 Å². The molecule has 92 valence electrons. The monoisotopic (exact) mass is 228 g/mol. The Kier molecular flexibility index (Phi) is 5.25. The van der Waals surface area contributed by atoms with E-state index in [0.29, 0.717) is 19.7 Å². The van der Waals surface area contributed by atoms with Gasteiger partial charge in [-0.3, -0.25) is 9.59 Å². The number of carbonyl (C=O) groups is 2. The number of hydrogen-bond acceptors (Lipinski definition) is 3. The van der Waals surface area contributed by atoms with Crippen LogP contribution in [0, 0.1) is 0 Å². The van der Waals surface area contributed by atoms with E-state index in [0.717, 1.165) is 12.8 Å². The van der Waals surface area contributed by atoms with Gasteiger partial charge in [-0.1, -0.05) is 0 Å². The Bertz CT molecular complexity index is 250. The highest BCUT2D eigenvalue weighted by atomic mass is 16.5. The lowest BCUT2D eigenvalue weighted by molar-refractivity contribution is -0.143. The zero-order valence-corrected chi connectivity index (χ0v) is 9.99. The zero-order valence-electron chi connectivity index (χ0n) is 9.99. The summed E-state index contributed by atoms with van der Waals surface area (Å²) in [6, 6.07) is 0. The lowest BCUT2D eigenvalue weighted by atomic mass is 10.2. The maximum absolute atomic E-state index is 11.9. The molecule has 0 radical (unpaired) electrons. The molecule has 0 aromatic heterocycles. The molecule has 1 aliphatic rings. The van der Waals surface area contributed by atoms with E-state index in [2.05, 4.69) is 5.32 Å². The molecule has 0 saturated carbocycles. The molecule has 1 N–H and O–H groups in total. The molecule has 16 heavy (non-hydrogen) atoms. The van der Waals surface area contributed by atoms with Gasteiger partial charge < -0.3 is 15.0 Å². The number of hydrogen-bond donors (Lipinski definition) is 1. The number of ether oxygens (including phenoxy) is 1. The second kappa shape index (κ2) is 6.48. The van der Waals surface area contributed by atoms with E-state index in [-0.39, 0.29) is 24.5 Å². The van der Waals surface area contributed by atoms with Gasteiger partial charge in [0, 0.05) is 19.7 Å². The second-order valence-electron chi connectivity index (χ2n) is 3.81. The maximum atomic E-state index is 11.9. The Hall–Kier alpha value is -1.10. The van der Waals surface area contributed by atoms with Crippen molar-refractivity contribution in [2.24, 2.45) is 0 Å². The Labute approximate surface area is 96.1 Å². The molecule has 0 spiro atoms. The highest BCUT2D eigenvalue weighted by Crippen LogP contribution is 2.14. The molecule has 5 nitrogen and oxygen atoms in total. The Morgan fingerprint density at radius 1 is 1.44 bits per heavy atom. The number of nitrogens with one attached hydrogen (secondary N) is 1. The SMILES string of the molecule is CCNC(=O)CN(CC)C(=O)C1CCCO1. The molecule has 1 saturated heterocycles. The van der Waals surface area contributed by atoms with Gasteiger partial charge in [0.05, 0.1) is 6.54 Å². The highest BCUT2D eigenvalue weighted by molar-refractivity contribution is 5.87. The lowest BCUT2D eigenvalue weighted by Crippen LogP contribution is -2.44. The van der Waals surface area contributed by atoms with Crippen LogP contribution < -0.4 is 5.32 Å². The Morgan fingerprint density at radius 2 is 2.19 bits per heavy atom. The van der Waals surface area contributed by atoms with E-state index in [1.165, 1.54) is 0 Å². The van der Waals surface area contributed by atoms with Crippen LogP contribution in [-0.2, 0) is 14.3 Å². The minimum Gasteiger partial charge on any atom is -0.368 e. The summed E-state index contributed by atoms with van der Waals surface area (Å²) < 4.78 is 5.32. The van der Waals surface area contributed by atoms with Crippen LogP contribution in [0.1, 0.15) is 26.7 Å². The summed E-state index contributed by atoms with van der Waals surface area (Å²) in [4.78, 5) is 24.9. The molecule has 0 bridgehead atoms. The van der Waals surface area contributed by atoms with E-state index in [1.807, 2.05) is 13.8 Å². The van der Waals surface area contributed by atoms with Crippen LogP contribution >= 0.6 is 0 Å². The van der Waals surface area contributed by atoms with Gasteiger partial charge in [0.15, 0.2) is 0 Å². The fraction of sp³-hybridized carbons (Fsp3) is 0.818. The van der Waals surface area contributed by atoms with Gasteiger partial charge >= 0.3 is 0 Å². The third kappa shape index (κ3) is 3.48. The molecule has 0 aromatic carbocycles. The normalized spacial score (nSPS) is 19.5. The number of carbonyl (C=O) groups excluding carboxylic acids is 2. The van der Waals surface area contributed by atoms with Crippen LogP contribution in [0.4, 0.5) is 0 Å². The third-order valence-electron chi connectivity index (χ3n) is 2.61. The summed E-state index contributed by atoms with van der Waals surface area (Å²) in [5, 5.41) is 2.68. The molecule has 1 fully saturated rings. The Balaban J connectivity index is 2.45. The van der Waals surface area contributed by atoms with Gasteiger partial charge in [-0.05, 0) is 26.7 Å². The molecular weight excluding hydrogens is 208 g/mol. The van der Waals surface area contributed by atoms with Gasteiger partial charge in [-0.15, -0.1) is 0 Å². The molecule has 2 amide bonds. The molecule has 1 atom stereocenters. The van der Waals surface area contributed by atoms with Crippen molar-refractivity contribution in [1.29, 1.82) is 0 Å². The number of amides is 2. The van der Waals surface area contributed by atoms with E-state index in [4.69, 9.17) is 4.74 Å². The summed E-state index contributed by atoms with van der Waals surface area (Å²) in [5.41, 5.74) is 0. The van der Waals surface area contributed by atoms with E-state index >= 15 is 0 Å². The molecule has 5 heteroatoms. The number of nitrogens with zero attached hydrogens (tertiary/aromatic N) is 1. The van der Waals surface area contributed by atoms with Crippen molar-refractivity contribution >= 4 is 11.8 Å². The quantitative estimate of drug-likeness (QED) is 0.728. The maximum Gasteiger partial charge on any atom is 0.252 e. The zero-order chi connectivity index (χ0) is 12.0. The van der Waals surface area contributed by atoms with Gasteiger partial charge in [0.2, 0.25) is 5.91 Å². The van der Waals surface area contributed by atoms with Crippen molar-refractivity contribution in [2.45, 2.75) is 32.8 Å². The predicted molar refractivity (Wildman–Crippen MR) is 59.9 cm³/mol. The third-order valence-corrected chi connectivity index (χ3v) is 2.61. The standard InChI is InChI=1S/C11H20N2O3/c1-3-12-10(14)8-13(4-2)11(15)9-6-5-7-16-9/h9H,3-8H2,1-2H3,(H,12,14). The largest absolute Gasteiger partial charge is 0.368 e. The van der Waals surface area contributed by atoms with Gasteiger partial charge in [0.25, 0.3) is 5.91 Å². The summed E-state index contributed by atoms with van der Waals surface area (Å²) in [5.74, 6) is -0.179. The van der Waals surface area contributed by atoms with Crippen LogP contribution in [-0.4, -0.2) is 49.1 Å². The minimum atomic E-state index is -0.339. The first kappa shape index (κ1) is 13.0. The van der Waals surface area contributed by atoms with Crippen LogP contribution in [0.2, 0.25) is 0 Å². The fourth-order valence-electron chi connectivity index (χ4n) is 1.75. The number of rotatable bonds is 5. The van der Waals surface area contributed by atoms with Crippen LogP contribution in [0.15, 0.2) is 0 Å². The fourth-order valence-corrected chi connectivity index (χ4v) is 1.75. The molecule has 1 aliphatic heterocycles. The molecule has 1 unspecified atom stereocenters. The van der Waals surface area contributed by atoms with Crippen molar-refractivity contribution < 1.29 is 14.3 Å². The van der Waals surface area contributed by atoms with Gasteiger partial charge in [-0.2, -0.15) is 0 Å². The lowest BCUT2D eigenvalue weighted by Gasteiger charge is -2.23. The highest BCUT2D eigenvalue weighted by Gasteiger charge is 2.28. The van der Waals surface area contributed by atoms with Gasteiger partial charge in [-0.25, -0.2) is 0 Å². The summed E-state index contributed by atoms with van der Waals surface area (Å²) >= 11 is 0. The second-order valence-corrected chi connectivity index (χ2v) is 3.81. The van der Waals surface area contributed by atoms with Gasteiger partial charge in [0.1, 0.15) is 6.10 Å². The van der Waals surface area contributed by atoms with E-state index < -0.39 is 0 Å². The topological polar surface area (TPSA) is 58.6 Å². The first-order chi connectivity index (χ1) is 7.69. The van der Waals surface area contributed by atoms with Crippen LogP contribution in [0.5, 0.6) is 0 Å². The molecule has 0 aliphatic carbocycles. The van der Waals surface area contributed by atoms with Crippen molar-refractivity contribution in [2.75, 3.05) is 26.2 Å². The van der Waals surface area contributed by atoms with Crippen molar-refractivity contribution in [3.8, 4) is 0 Å². The van der Waals surface area contributed by atoms with E-state index in [1.54, 1.807) is 4.90 Å². The molecule has 1 heterocycles. The average molecular weight is 228 g/mol. The first-order valence-electron chi connectivity index (χ1n) is 5.86. The average Bonchev–Trinajstić information content (AvgIpc) is 2.78. The number of likely N-dealkylation sites (N-methyl/N-ethyl adjacent to an activating group) is 2. The summed E-state index contributed by atoms with van der Waals surface area (Å²) in [6.45, 7) is 5.63. The smallest absolute Gasteiger partial charge is 0.252 e. The van der Waals surface area contributed by atoms with E-state index in [9.17, 15) is 9.59 Å². The minimum absolute atomic E-state index is 0.0637. The van der Waals surface area contributed by atoms with Crippen molar-refractivity contribution in [1.82, 2.24) is 10.2 Å². The van der Waals surface area contributed by atoms with Crippen molar-refractivity contribution in [3.05, 3.63) is 0 Å².